The van der Waals surface area contributed by atoms with E-state index in [1.807, 2.05) is 25.1 Å². The quantitative estimate of drug-likeness (QED) is 0.559. The van der Waals surface area contributed by atoms with Gasteiger partial charge in [-0.3, -0.25) is 4.79 Å². The highest BCUT2D eigenvalue weighted by atomic mass is 19.1. The van der Waals surface area contributed by atoms with Crippen LogP contribution in [-0.4, -0.2) is 5.91 Å². The van der Waals surface area contributed by atoms with Crippen LogP contribution in [0.4, 0.5) is 4.39 Å². The van der Waals surface area contributed by atoms with Crippen LogP contribution < -0.4 is 5.32 Å². The molecule has 26 heavy (non-hydrogen) atoms. The van der Waals surface area contributed by atoms with E-state index in [0.717, 1.165) is 16.5 Å². The Kier molecular flexibility index (Phi) is 4.05. The molecule has 0 saturated carbocycles. The Hall–Kier alpha value is -3.34. The SMILES string of the molecule is Cc1ccc2oc(C(=O)NCc3ccco3)c(-c3ccc(F)cc3)c2c1. The van der Waals surface area contributed by atoms with Gasteiger partial charge >= 0.3 is 0 Å². The fourth-order valence-electron chi connectivity index (χ4n) is 2.94. The van der Waals surface area contributed by atoms with Crippen molar-refractivity contribution in [2.24, 2.45) is 0 Å². The summed E-state index contributed by atoms with van der Waals surface area (Å²) in [6.07, 6.45) is 1.55. The van der Waals surface area contributed by atoms with E-state index in [4.69, 9.17) is 8.83 Å². The Morgan fingerprint density at radius 3 is 2.65 bits per heavy atom. The fourth-order valence-corrected chi connectivity index (χ4v) is 2.94. The number of hydrogen-bond donors (Lipinski definition) is 1. The molecule has 1 N–H and O–H groups in total. The summed E-state index contributed by atoms with van der Waals surface area (Å²) in [4.78, 5) is 12.7. The normalized spacial score (nSPS) is 11.0. The molecule has 1 amide bonds. The maximum absolute atomic E-state index is 13.3. The molecule has 0 fully saturated rings. The zero-order valence-corrected chi connectivity index (χ0v) is 14.1. The van der Waals surface area contributed by atoms with Crippen molar-refractivity contribution in [3.05, 3.63) is 83.8 Å². The predicted molar refractivity (Wildman–Crippen MR) is 96.2 cm³/mol. The highest BCUT2D eigenvalue weighted by molar-refractivity contribution is 6.08. The minimum atomic E-state index is -0.352. The second-order valence-corrected chi connectivity index (χ2v) is 6.07. The lowest BCUT2D eigenvalue weighted by Crippen LogP contribution is -2.22. The van der Waals surface area contributed by atoms with E-state index in [-0.39, 0.29) is 24.0 Å². The molecule has 0 unspecified atom stereocenters. The van der Waals surface area contributed by atoms with Gasteiger partial charge in [0.2, 0.25) is 5.76 Å². The third kappa shape index (κ3) is 2.99. The van der Waals surface area contributed by atoms with Crippen LogP contribution in [-0.2, 0) is 6.54 Å². The number of aryl methyl sites for hydroxylation is 1. The molecule has 2 heterocycles. The molecule has 4 rings (SSSR count). The molecule has 2 aromatic heterocycles. The van der Waals surface area contributed by atoms with E-state index in [0.29, 0.717) is 16.9 Å². The zero-order chi connectivity index (χ0) is 18.1. The fraction of sp³-hybridized carbons (Fsp3) is 0.0952. The first-order valence-corrected chi connectivity index (χ1v) is 8.21. The van der Waals surface area contributed by atoms with Crippen molar-refractivity contribution < 1.29 is 18.0 Å². The van der Waals surface area contributed by atoms with Crippen LogP contribution in [0.3, 0.4) is 0 Å². The van der Waals surface area contributed by atoms with Crippen molar-refractivity contribution in [3.63, 3.8) is 0 Å². The Morgan fingerprint density at radius 1 is 1.12 bits per heavy atom. The van der Waals surface area contributed by atoms with Gasteiger partial charge in [-0.05, 0) is 48.9 Å². The van der Waals surface area contributed by atoms with Gasteiger partial charge in [-0.15, -0.1) is 0 Å². The molecule has 4 aromatic rings. The average molecular weight is 349 g/mol. The summed E-state index contributed by atoms with van der Waals surface area (Å²) in [5.74, 6) is 0.161. The van der Waals surface area contributed by atoms with E-state index in [1.54, 1.807) is 30.5 Å². The van der Waals surface area contributed by atoms with E-state index < -0.39 is 0 Å². The van der Waals surface area contributed by atoms with E-state index in [9.17, 15) is 9.18 Å². The molecule has 0 atom stereocenters. The largest absolute Gasteiger partial charge is 0.467 e. The van der Waals surface area contributed by atoms with Gasteiger partial charge in [-0.1, -0.05) is 23.8 Å². The standard InChI is InChI=1S/C21H16FNO3/c1-13-4-9-18-17(11-13)19(14-5-7-15(22)8-6-14)20(26-18)21(24)23-12-16-3-2-10-25-16/h2-11H,12H2,1H3,(H,23,24). The molecule has 0 aliphatic rings. The molecular formula is C21H16FNO3. The summed E-state index contributed by atoms with van der Waals surface area (Å²) in [6, 6.07) is 15.3. The number of halogens is 1. The van der Waals surface area contributed by atoms with Gasteiger partial charge in [0.1, 0.15) is 17.2 Å². The first kappa shape index (κ1) is 16.1. The third-order valence-corrected chi connectivity index (χ3v) is 4.19. The Balaban J connectivity index is 1.78. The van der Waals surface area contributed by atoms with Gasteiger partial charge in [0.25, 0.3) is 5.91 Å². The highest BCUT2D eigenvalue weighted by Gasteiger charge is 2.22. The Bertz CT molecular complexity index is 1060. The molecule has 0 aliphatic heterocycles. The van der Waals surface area contributed by atoms with Gasteiger partial charge in [-0.2, -0.15) is 0 Å². The van der Waals surface area contributed by atoms with Crippen molar-refractivity contribution in [2.45, 2.75) is 13.5 Å². The summed E-state index contributed by atoms with van der Waals surface area (Å²) in [6.45, 7) is 2.22. The molecular weight excluding hydrogens is 333 g/mol. The zero-order valence-electron chi connectivity index (χ0n) is 14.1. The van der Waals surface area contributed by atoms with Crippen LogP contribution in [0.15, 0.2) is 69.7 Å². The number of carbonyl (C=O) groups excluding carboxylic acids is 1. The van der Waals surface area contributed by atoms with Crippen LogP contribution in [0.1, 0.15) is 21.9 Å². The first-order valence-electron chi connectivity index (χ1n) is 8.21. The molecule has 0 saturated heterocycles. The first-order chi connectivity index (χ1) is 12.6. The topological polar surface area (TPSA) is 55.4 Å². The van der Waals surface area contributed by atoms with Crippen molar-refractivity contribution in [1.82, 2.24) is 5.32 Å². The lowest BCUT2D eigenvalue weighted by Gasteiger charge is -2.05. The highest BCUT2D eigenvalue weighted by Crippen LogP contribution is 2.35. The van der Waals surface area contributed by atoms with E-state index >= 15 is 0 Å². The summed E-state index contributed by atoms with van der Waals surface area (Å²) in [5, 5.41) is 3.62. The number of rotatable bonds is 4. The van der Waals surface area contributed by atoms with Crippen LogP contribution in [0, 0.1) is 12.7 Å². The van der Waals surface area contributed by atoms with Gasteiger partial charge < -0.3 is 14.2 Å². The molecule has 0 radical (unpaired) electrons. The third-order valence-electron chi connectivity index (χ3n) is 4.19. The van der Waals surface area contributed by atoms with Crippen LogP contribution in [0.25, 0.3) is 22.1 Å². The second kappa shape index (κ2) is 6.52. The van der Waals surface area contributed by atoms with Crippen molar-refractivity contribution in [3.8, 4) is 11.1 Å². The summed E-state index contributed by atoms with van der Waals surface area (Å²) >= 11 is 0. The molecule has 4 nitrogen and oxygen atoms in total. The molecule has 5 heteroatoms. The number of amides is 1. The Labute approximate surface area is 149 Å². The van der Waals surface area contributed by atoms with Crippen LogP contribution in [0.2, 0.25) is 0 Å². The minimum Gasteiger partial charge on any atom is -0.467 e. The van der Waals surface area contributed by atoms with Gasteiger partial charge in [-0.25, -0.2) is 4.39 Å². The van der Waals surface area contributed by atoms with E-state index in [2.05, 4.69) is 5.32 Å². The maximum atomic E-state index is 13.3. The summed E-state index contributed by atoms with van der Waals surface area (Å²) in [7, 11) is 0. The monoisotopic (exact) mass is 349 g/mol. The molecule has 2 aromatic carbocycles. The van der Waals surface area contributed by atoms with Crippen molar-refractivity contribution >= 4 is 16.9 Å². The molecule has 0 spiro atoms. The number of hydrogen-bond acceptors (Lipinski definition) is 3. The summed E-state index contributed by atoms with van der Waals surface area (Å²) in [5.41, 5.74) is 3.03. The minimum absolute atomic E-state index is 0.198. The molecule has 0 aliphatic carbocycles. The van der Waals surface area contributed by atoms with Gasteiger partial charge in [0, 0.05) is 10.9 Å². The predicted octanol–water partition coefficient (Wildman–Crippen LogP) is 5.07. The number of carbonyl (C=O) groups is 1. The van der Waals surface area contributed by atoms with Gasteiger partial charge in [0.05, 0.1) is 12.8 Å². The number of benzene rings is 2. The number of fused-ring (bicyclic) bond motifs is 1. The maximum Gasteiger partial charge on any atom is 0.288 e. The van der Waals surface area contributed by atoms with E-state index in [1.165, 1.54) is 12.1 Å². The van der Waals surface area contributed by atoms with Crippen LogP contribution >= 0.6 is 0 Å². The van der Waals surface area contributed by atoms with Crippen LogP contribution in [0.5, 0.6) is 0 Å². The lowest BCUT2D eigenvalue weighted by atomic mass is 10.0. The number of furan rings is 2. The van der Waals surface area contributed by atoms with Crippen molar-refractivity contribution in [1.29, 1.82) is 0 Å². The van der Waals surface area contributed by atoms with Gasteiger partial charge in [0.15, 0.2) is 0 Å². The second-order valence-electron chi connectivity index (χ2n) is 6.07. The Morgan fingerprint density at radius 2 is 1.92 bits per heavy atom. The van der Waals surface area contributed by atoms with Crippen molar-refractivity contribution in [2.75, 3.05) is 0 Å². The average Bonchev–Trinajstić information content (AvgIpc) is 3.28. The smallest absolute Gasteiger partial charge is 0.288 e. The molecule has 0 bridgehead atoms. The summed E-state index contributed by atoms with van der Waals surface area (Å²) < 4.78 is 24.4. The molecule has 130 valence electrons. The lowest BCUT2D eigenvalue weighted by molar-refractivity contribution is 0.0923. The number of nitrogens with one attached hydrogen (secondary N) is 1.